The normalized spacial score (nSPS) is 13.6. The van der Waals surface area contributed by atoms with Gasteiger partial charge in [0.2, 0.25) is 0 Å². The minimum absolute atomic E-state index is 0.132. The van der Waals surface area contributed by atoms with Crippen LogP contribution in [0, 0.1) is 0 Å². The van der Waals surface area contributed by atoms with E-state index in [1.807, 2.05) is 24.3 Å². The van der Waals surface area contributed by atoms with Gasteiger partial charge in [-0.1, -0.05) is 73.7 Å². The highest BCUT2D eigenvalue weighted by atomic mass is 32.3. The van der Waals surface area contributed by atoms with Crippen molar-refractivity contribution in [1.29, 1.82) is 0 Å². The molecule has 0 atom stereocenters. The van der Waals surface area contributed by atoms with Gasteiger partial charge in [-0.25, -0.2) is 4.18 Å². The average molecular weight is 346 g/mol. The van der Waals surface area contributed by atoms with Gasteiger partial charge < -0.3 is 0 Å². The predicted octanol–water partition coefficient (Wildman–Crippen LogP) is 4.58. The first-order chi connectivity index (χ1) is 9.81. The Bertz CT molecular complexity index is 583. The molecule has 0 amide bonds. The minimum Gasteiger partial charge on any atom is -0.264 e. The van der Waals surface area contributed by atoms with E-state index >= 15 is 0 Å². The first-order valence-corrected chi connectivity index (χ1v) is 10.2. The second-order valence-electron chi connectivity index (χ2n) is 7.39. The lowest BCUT2D eigenvalue weighted by atomic mass is 10.1. The van der Waals surface area contributed by atoms with E-state index in [0.717, 1.165) is 17.3 Å². The van der Waals surface area contributed by atoms with Crippen molar-refractivity contribution >= 4 is 18.3 Å². The molecule has 0 aliphatic heterocycles. The SMILES string of the molecule is CC(C)(C)P(Cc1ccccc1COS(=O)(=O)O)C(C)(C)C. The lowest BCUT2D eigenvalue weighted by Gasteiger charge is -2.42. The van der Waals surface area contributed by atoms with Gasteiger partial charge in [0, 0.05) is 0 Å². The third-order valence-corrected chi connectivity index (χ3v) is 7.74. The third-order valence-electron chi connectivity index (χ3n) is 3.43. The fourth-order valence-corrected chi connectivity index (χ4v) is 6.53. The molecule has 0 unspecified atom stereocenters. The fourth-order valence-electron chi connectivity index (χ4n) is 2.64. The van der Waals surface area contributed by atoms with Gasteiger partial charge in [0.25, 0.3) is 0 Å². The Morgan fingerprint density at radius 1 is 1.00 bits per heavy atom. The van der Waals surface area contributed by atoms with Crippen LogP contribution in [0.1, 0.15) is 52.7 Å². The molecule has 0 heterocycles. The van der Waals surface area contributed by atoms with E-state index in [-0.39, 0.29) is 24.8 Å². The standard InChI is InChI=1S/C16H27O4PS/c1-15(2,3)21(16(4,5)6)12-14-10-8-7-9-13(14)11-20-22(17,18)19/h7-10H,11-12H2,1-6H3,(H,17,18,19). The van der Waals surface area contributed by atoms with E-state index in [4.69, 9.17) is 4.55 Å². The molecular formula is C16H27O4PS. The molecule has 6 heteroatoms. The summed E-state index contributed by atoms with van der Waals surface area (Å²) in [4.78, 5) is 0. The van der Waals surface area contributed by atoms with Crippen molar-refractivity contribution in [3.63, 3.8) is 0 Å². The van der Waals surface area contributed by atoms with Gasteiger partial charge >= 0.3 is 10.4 Å². The van der Waals surface area contributed by atoms with Crippen molar-refractivity contribution in [1.82, 2.24) is 0 Å². The summed E-state index contributed by atoms with van der Waals surface area (Å²) in [6, 6.07) is 7.66. The first kappa shape index (κ1) is 19.6. The van der Waals surface area contributed by atoms with Crippen LogP contribution in [0.15, 0.2) is 24.3 Å². The van der Waals surface area contributed by atoms with E-state index in [1.165, 1.54) is 0 Å². The Balaban J connectivity index is 3.06. The first-order valence-electron chi connectivity index (χ1n) is 7.27. The smallest absolute Gasteiger partial charge is 0.264 e. The molecule has 22 heavy (non-hydrogen) atoms. The lowest BCUT2D eigenvalue weighted by molar-refractivity contribution is 0.259. The monoisotopic (exact) mass is 346 g/mol. The van der Waals surface area contributed by atoms with Gasteiger partial charge in [-0.05, 0) is 27.6 Å². The highest BCUT2D eigenvalue weighted by molar-refractivity contribution is 7.80. The van der Waals surface area contributed by atoms with Crippen molar-refractivity contribution in [2.45, 2.75) is 64.6 Å². The zero-order valence-electron chi connectivity index (χ0n) is 14.3. The van der Waals surface area contributed by atoms with Crippen LogP contribution >= 0.6 is 7.92 Å². The van der Waals surface area contributed by atoms with Gasteiger partial charge in [0.05, 0.1) is 6.61 Å². The molecule has 0 saturated heterocycles. The van der Waals surface area contributed by atoms with Crippen molar-refractivity contribution in [2.24, 2.45) is 0 Å². The molecule has 0 aromatic heterocycles. The maximum atomic E-state index is 10.8. The summed E-state index contributed by atoms with van der Waals surface area (Å²) in [7, 11) is -4.76. The molecule has 1 rings (SSSR count). The Morgan fingerprint density at radius 2 is 1.45 bits per heavy atom. The van der Waals surface area contributed by atoms with Crippen LogP contribution in [0.25, 0.3) is 0 Å². The highest BCUT2D eigenvalue weighted by Gasteiger charge is 2.34. The van der Waals surface area contributed by atoms with Gasteiger partial charge in [-0.3, -0.25) is 4.55 Å². The molecule has 0 spiro atoms. The second-order valence-corrected chi connectivity index (χ2v) is 12.3. The highest BCUT2D eigenvalue weighted by Crippen LogP contribution is 2.61. The Kier molecular flexibility index (Phi) is 6.19. The molecule has 0 fully saturated rings. The molecule has 0 aliphatic carbocycles. The topological polar surface area (TPSA) is 63.6 Å². The third kappa shape index (κ3) is 6.33. The second kappa shape index (κ2) is 6.96. The quantitative estimate of drug-likeness (QED) is 0.626. The Hall–Kier alpha value is -0.480. The van der Waals surface area contributed by atoms with Gasteiger partial charge in [0.1, 0.15) is 0 Å². The van der Waals surface area contributed by atoms with Crippen LogP contribution in [0.4, 0.5) is 0 Å². The summed E-state index contributed by atoms with van der Waals surface area (Å²) in [5.74, 6) is 0. The molecule has 1 aromatic carbocycles. The number of rotatable bonds is 5. The van der Waals surface area contributed by atoms with Gasteiger partial charge in [-0.15, -0.1) is 0 Å². The molecule has 0 saturated carbocycles. The van der Waals surface area contributed by atoms with Crippen LogP contribution in [-0.4, -0.2) is 23.3 Å². The van der Waals surface area contributed by atoms with Crippen molar-refractivity contribution in [3.8, 4) is 0 Å². The van der Waals surface area contributed by atoms with Crippen LogP contribution in [0.3, 0.4) is 0 Å². The summed E-state index contributed by atoms with van der Waals surface area (Å²) < 4.78 is 34.9. The van der Waals surface area contributed by atoms with Crippen molar-refractivity contribution in [2.75, 3.05) is 0 Å². The zero-order valence-corrected chi connectivity index (χ0v) is 16.0. The lowest BCUT2D eigenvalue weighted by Crippen LogP contribution is -2.26. The van der Waals surface area contributed by atoms with Crippen LogP contribution in [0.5, 0.6) is 0 Å². The van der Waals surface area contributed by atoms with Gasteiger partial charge in [0.15, 0.2) is 0 Å². The summed E-state index contributed by atoms with van der Waals surface area (Å²) >= 11 is 0. The maximum absolute atomic E-state index is 10.8. The van der Waals surface area contributed by atoms with Crippen molar-refractivity contribution < 1.29 is 17.2 Å². The Morgan fingerprint density at radius 3 is 1.86 bits per heavy atom. The van der Waals surface area contributed by atoms with Crippen LogP contribution < -0.4 is 0 Å². The number of hydrogen-bond acceptors (Lipinski definition) is 3. The molecule has 4 nitrogen and oxygen atoms in total. The van der Waals surface area contributed by atoms with E-state index < -0.39 is 10.4 Å². The molecule has 0 aliphatic rings. The molecular weight excluding hydrogens is 319 g/mol. The van der Waals surface area contributed by atoms with E-state index in [0.29, 0.717) is 0 Å². The fraction of sp³-hybridized carbons (Fsp3) is 0.625. The Labute approximate surface area is 136 Å². The zero-order chi connectivity index (χ0) is 17.2. The summed E-state index contributed by atoms with van der Waals surface area (Å²) in [6.45, 7) is 13.4. The molecule has 1 aromatic rings. The summed E-state index contributed by atoms with van der Waals surface area (Å²) in [5, 5.41) is 0.370. The van der Waals surface area contributed by atoms with Gasteiger partial charge in [-0.2, -0.15) is 8.42 Å². The predicted molar refractivity (Wildman–Crippen MR) is 92.9 cm³/mol. The van der Waals surface area contributed by atoms with E-state index in [9.17, 15) is 8.42 Å². The maximum Gasteiger partial charge on any atom is 0.397 e. The molecule has 126 valence electrons. The summed E-state index contributed by atoms with van der Waals surface area (Å²) in [5.41, 5.74) is 1.89. The molecule has 0 bridgehead atoms. The molecule has 0 radical (unpaired) electrons. The van der Waals surface area contributed by atoms with E-state index in [2.05, 4.69) is 45.7 Å². The number of hydrogen-bond donors (Lipinski definition) is 1. The minimum atomic E-state index is -4.42. The van der Waals surface area contributed by atoms with E-state index in [1.54, 1.807) is 0 Å². The summed E-state index contributed by atoms with van der Waals surface area (Å²) in [6.07, 6.45) is 0.896. The largest absolute Gasteiger partial charge is 0.397 e. The van der Waals surface area contributed by atoms with Crippen molar-refractivity contribution in [3.05, 3.63) is 35.4 Å². The number of benzene rings is 1. The van der Waals surface area contributed by atoms with Crippen LogP contribution in [0.2, 0.25) is 0 Å². The average Bonchev–Trinajstić information content (AvgIpc) is 2.30. The van der Waals surface area contributed by atoms with Crippen LogP contribution in [-0.2, 0) is 27.4 Å². The molecule has 1 N–H and O–H groups in total.